The van der Waals surface area contributed by atoms with Crippen molar-refractivity contribution in [3.8, 4) is 5.75 Å². The Kier molecular flexibility index (Phi) is 5.03. The molecule has 0 fully saturated rings. The van der Waals surface area contributed by atoms with E-state index in [4.69, 9.17) is 9.15 Å². The van der Waals surface area contributed by atoms with Crippen molar-refractivity contribution in [2.45, 2.75) is 19.8 Å². The lowest BCUT2D eigenvalue weighted by Crippen LogP contribution is -2.28. The van der Waals surface area contributed by atoms with Gasteiger partial charge in [0.05, 0.1) is 12.7 Å². The summed E-state index contributed by atoms with van der Waals surface area (Å²) in [7, 11) is 3.48. The summed E-state index contributed by atoms with van der Waals surface area (Å²) in [5, 5.41) is 0. The highest BCUT2D eigenvalue weighted by atomic mass is 16.5. The number of aryl methyl sites for hydroxylation is 2. The fourth-order valence-electron chi connectivity index (χ4n) is 2.85. The highest BCUT2D eigenvalue weighted by molar-refractivity contribution is 6.04. The Morgan fingerprint density at radius 2 is 1.96 bits per heavy atom. The molecule has 0 aliphatic carbocycles. The van der Waals surface area contributed by atoms with Crippen LogP contribution in [0.15, 0.2) is 46.9 Å². The average molecular weight is 338 g/mol. The summed E-state index contributed by atoms with van der Waals surface area (Å²) in [4.78, 5) is 18.8. The van der Waals surface area contributed by atoms with Gasteiger partial charge in [0, 0.05) is 20.5 Å². The number of rotatable bonds is 6. The molecule has 1 heterocycles. The monoisotopic (exact) mass is 338 g/mol. The first-order valence-corrected chi connectivity index (χ1v) is 8.33. The number of methoxy groups -OCH3 is 1. The SMILES string of the molecule is COc1ccc(CCCN(C)C(=O)c2cccc3oc(C)nc23)cc1. The minimum absolute atomic E-state index is 0.0337. The van der Waals surface area contributed by atoms with E-state index < -0.39 is 0 Å². The van der Waals surface area contributed by atoms with Crippen LogP contribution in [0.2, 0.25) is 0 Å². The van der Waals surface area contributed by atoms with Crippen molar-refractivity contribution in [2.75, 3.05) is 20.7 Å². The van der Waals surface area contributed by atoms with E-state index in [0.29, 0.717) is 29.1 Å². The third-order valence-electron chi connectivity index (χ3n) is 4.22. The van der Waals surface area contributed by atoms with Crippen LogP contribution >= 0.6 is 0 Å². The summed E-state index contributed by atoms with van der Waals surface area (Å²) < 4.78 is 10.7. The maximum atomic E-state index is 12.7. The van der Waals surface area contributed by atoms with Gasteiger partial charge in [0.1, 0.15) is 11.3 Å². The molecular formula is C20H22N2O3. The molecule has 1 aromatic heterocycles. The maximum absolute atomic E-state index is 12.7. The van der Waals surface area contributed by atoms with Crippen molar-refractivity contribution in [2.24, 2.45) is 0 Å². The smallest absolute Gasteiger partial charge is 0.255 e. The Bertz CT molecular complexity index is 868. The van der Waals surface area contributed by atoms with Gasteiger partial charge >= 0.3 is 0 Å². The van der Waals surface area contributed by atoms with Crippen molar-refractivity contribution in [3.05, 3.63) is 59.5 Å². The number of hydrogen-bond acceptors (Lipinski definition) is 4. The van der Waals surface area contributed by atoms with Crippen LogP contribution < -0.4 is 4.74 Å². The average Bonchev–Trinajstić information content (AvgIpc) is 3.01. The third kappa shape index (κ3) is 3.82. The first-order chi connectivity index (χ1) is 12.1. The van der Waals surface area contributed by atoms with Gasteiger partial charge in [0.25, 0.3) is 5.91 Å². The molecule has 25 heavy (non-hydrogen) atoms. The first-order valence-electron chi connectivity index (χ1n) is 8.33. The molecule has 0 atom stereocenters. The van der Waals surface area contributed by atoms with Crippen LogP contribution in [-0.4, -0.2) is 36.5 Å². The predicted octanol–water partition coefficient (Wildman–Crippen LogP) is 3.85. The molecule has 0 aliphatic heterocycles. The summed E-state index contributed by atoms with van der Waals surface area (Å²) in [6, 6.07) is 13.5. The molecule has 0 N–H and O–H groups in total. The lowest BCUT2D eigenvalue weighted by Gasteiger charge is -2.17. The minimum atomic E-state index is -0.0337. The number of fused-ring (bicyclic) bond motifs is 1. The van der Waals surface area contributed by atoms with E-state index in [1.54, 1.807) is 25.0 Å². The van der Waals surface area contributed by atoms with Crippen LogP contribution in [0.1, 0.15) is 28.2 Å². The zero-order valence-corrected chi connectivity index (χ0v) is 14.8. The topological polar surface area (TPSA) is 55.6 Å². The number of carbonyl (C=O) groups is 1. The molecule has 0 unspecified atom stereocenters. The summed E-state index contributed by atoms with van der Waals surface area (Å²) in [5.74, 6) is 1.39. The van der Waals surface area contributed by atoms with Gasteiger partial charge in [0.2, 0.25) is 0 Å². The fraction of sp³-hybridized carbons (Fsp3) is 0.300. The van der Waals surface area contributed by atoms with Crippen molar-refractivity contribution in [1.82, 2.24) is 9.88 Å². The van der Waals surface area contributed by atoms with E-state index >= 15 is 0 Å². The number of hydrogen-bond donors (Lipinski definition) is 0. The number of aromatic nitrogens is 1. The second-order valence-corrected chi connectivity index (χ2v) is 6.06. The molecule has 0 bridgehead atoms. The number of amides is 1. The largest absolute Gasteiger partial charge is 0.497 e. The molecular weight excluding hydrogens is 316 g/mol. The molecule has 3 aromatic rings. The first kappa shape index (κ1) is 17.0. The molecule has 5 nitrogen and oxygen atoms in total. The van der Waals surface area contributed by atoms with Crippen LogP contribution in [0.25, 0.3) is 11.1 Å². The number of nitrogens with zero attached hydrogens (tertiary/aromatic N) is 2. The molecule has 0 aliphatic rings. The molecule has 5 heteroatoms. The van der Waals surface area contributed by atoms with E-state index in [2.05, 4.69) is 17.1 Å². The summed E-state index contributed by atoms with van der Waals surface area (Å²) in [5.41, 5.74) is 3.10. The lowest BCUT2D eigenvalue weighted by molar-refractivity contribution is 0.0795. The van der Waals surface area contributed by atoms with E-state index in [-0.39, 0.29) is 5.91 Å². The Labute approximate surface area is 147 Å². The van der Waals surface area contributed by atoms with E-state index in [9.17, 15) is 4.79 Å². The highest BCUT2D eigenvalue weighted by Gasteiger charge is 2.17. The van der Waals surface area contributed by atoms with Crippen molar-refractivity contribution in [3.63, 3.8) is 0 Å². The molecule has 1 amide bonds. The van der Waals surface area contributed by atoms with Gasteiger partial charge in [-0.3, -0.25) is 4.79 Å². The van der Waals surface area contributed by atoms with Gasteiger partial charge in [-0.25, -0.2) is 4.98 Å². The Morgan fingerprint density at radius 3 is 2.68 bits per heavy atom. The molecule has 0 saturated heterocycles. The predicted molar refractivity (Wildman–Crippen MR) is 97.0 cm³/mol. The number of carbonyl (C=O) groups excluding carboxylic acids is 1. The summed E-state index contributed by atoms with van der Waals surface area (Å²) in [6.07, 6.45) is 1.80. The second kappa shape index (κ2) is 7.38. The van der Waals surface area contributed by atoms with E-state index in [1.165, 1.54) is 5.56 Å². The minimum Gasteiger partial charge on any atom is -0.497 e. The molecule has 3 rings (SSSR count). The maximum Gasteiger partial charge on any atom is 0.255 e. The Morgan fingerprint density at radius 1 is 1.20 bits per heavy atom. The molecule has 130 valence electrons. The van der Waals surface area contributed by atoms with Crippen LogP contribution in [0, 0.1) is 6.92 Å². The Balaban J connectivity index is 1.62. The van der Waals surface area contributed by atoms with Gasteiger partial charge in [-0.15, -0.1) is 0 Å². The Hall–Kier alpha value is -2.82. The lowest BCUT2D eigenvalue weighted by atomic mass is 10.1. The number of oxazole rings is 1. The number of benzene rings is 2. The number of ether oxygens (including phenoxy) is 1. The number of para-hydroxylation sites is 1. The van der Waals surface area contributed by atoms with Crippen LogP contribution in [0.5, 0.6) is 5.75 Å². The normalized spacial score (nSPS) is 10.8. The van der Waals surface area contributed by atoms with E-state index in [1.807, 2.05) is 31.3 Å². The van der Waals surface area contributed by atoms with Gasteiger partial charge in [-0.2, -0.15) is 0 Å². The van der Waals surface area contributed by atoms with Crippen molar-refractivity contribution in [1.29, 1.82) is 0 Å². The summed E-state index contributed by atoms with van der Waals surface area (Å²) >= 11 is 0. The van der Waals surface area contributed by atoms with Crippen molar-refractivity contribution < 1.29 is 13.9 Å². The van der Waals surface area contributed by atoms with Crippen LogP contribution in [0.4, 0.5) is 0 Å². The standard InChI is InChI=1S/C20H22N2O3/c1-14-21-19-17(7-4-8-18(19)25-14)20(23)22(2)13-5-6-15-9-11-16(24-3)12-10-15/h4,7-12H,5-6,13H2,1-3H3. The highest BCUT2D eigenvalue weighted by Crippen LogP contribution is 2.20. The second-order valence-electron chi connectivity index (χ2n) is 6.06. The zero-order chi connectivity index (χ0) is 17.8. The van der Waals surface area contributed by atoms with Gasteiger partial charge in [-0.1, -0.05) is 18.2 Å². The summed E-state index contributed by atoms with van der Waals surface area (Å²) in [6.45, 7) is 2.46. The molecule has 0 radical (unpaired) electrons. The van der Waals surface area contributed by atoms with Gasteiger partial charge in [0.15, 0.2) is 11.5 Å². The molecule has 0 spiro atoms. The van der Waals surface area contributed by atoms with E-state index in [0.717, 1.165) is 18.6 Å². The van der Waals surface area contributed by atoms with Gasteiger partial charge < -0.3 is 14.1 Å². The van der Waals surface area contributed by atoms with Crippen LogP contribution in [0.3, 0.4) is 0 Å². The quantitative estimate of drug-likeness (QED) is 0.685. The van der Waals surface area contributed by atoms with Crippen LogP contribution in [-0.2, 0) is 6.42 Å². The van der Waals surface area contributed by atoms with Gasteiger partial charge in [-0.05, 0) is 42.7 Å². The zero-order valence-electron chi connectivity index (χ0n) is 14.8. The fourth-order valence-corrected chi connectivity index (χ4v) is 2.85. The molecule has 0 saturated carbocycles. The third-order valence-corrected chi connectivity index (χ3v) is 4.22. The van der Waals surface area contributed by atoms with Crippen molar-refractivity contribution >= 4 is 17.0 Å². The molecule has 2 aromatic carbocycles.